The van der Waals surface area contributed by atoms with Crippen molar-refractivity contribution in [2.24, 2.45) is 0 Å². The predicted octanol–water partition coefficient (Wildman–Crippen LogP) is 1.68. The van der Waals surface area contributed by atoms with Crippen molar-refractivity contribution in [3.05, 3.63) is 18.2 Å². The summed E-state index contributed by atoms with van der Waals surface area (Å²) in [6.07, 6.45) is 4.73. The number of nitrogens with zero attached hydrogens (tertiary/aromatic N) is 3. The van der Waals surface area contributed by atoms with Gasteiger partial charge in [-0.2, -0.15) is 0 Å². The van der Waals surface area contributed by atoms with Gasteiger partial charge in [0.25, 0.3) is 0 Å². The molecule has 1 atom stereocenters. The smallest absolute Gasteiger partial charge is 0.332 e. The zero-order valence-electron chi connectivity index (χ0n) is 11.7. The van der Waals surface area contributed by atoms with Gasteiger partial charge in [0.05, 0.1) is 18.2 Å². The minimum atomic E-state index is -1.03. The molecule has 1 heterocycles. The molecule has 0 fully saturated rings. The number of amides is 1. The number of hydrogen-bond donors (Lipinski definition) is 1. The van der Waals surface area contributed by atoms with Crippen molar-refractivity contribution in [2.75, 3.05) is 6.54 Å². The number of aromatic nitrogens is 2. The molecule has 1 rings (SSSR count). The van der Waals surface area contributed by atoms with Crippen molar-refractivity contribution in [3.8, 4) is 0 Å². The highest BCUT2D eigenvalue weighted by atomic mass is 16.4. The van der Waals surface area contributed by atoms with E-state index in [1.807, 2.05) is 13.8 Å². The molecule has 6 heteroatoms. The quantitative estimate of drug-likeness (QED) is 0.815. The molecular weight excluding hydrogens is 246 g/mol. The summed E-state index contributed by atoms with van der Waals surface area (Å²) in [5, 5.41) is 9.45. The van der Waals surface area contributed by atoms with Gasteiger partial charge in [-0.3, -0.25) is 4.79 Å². The summed E-state index contributed by atoms with van der Waals surface area (Å²) in [4.78, 5) is 28.6. The summed E-state index contributed by atoms with van der Waals surface area (Å²) in [6, 6.07) is -0.966. The second-order valence-corrected chi connectivity index (χ2v) is 4.47. The second kappa shape index (κ2) is 6.92. The van der Waals surface area contributed by atoms with Crippen molar-refractivity contribution in [2.45, 2.75) is 46.2 Å². The Balaban J connectivity index is 3.14. The van der Waals surface area contributed by atoms with Crippen molar-refractivity contribution < 1.29 is 14.7 Å². The number of carboxylic acid groups (broad SMARTS) is 1. The van der Waals surface area contributed by atoms with Crippen LogP contribution in [0.4, 0.5) is 0 Å². The fraction of sp³-hybridized carbons (Fsp3) is 0.615. The Hall–Kier alpha value is -1.85. The Bertz CT molecular complexity index is 442. The summed E-state index contributed by atoms with van der Waals surface area (Å²) in [5.41, 5.74) is 0.554. The van der Waals surface area contributed by atoms with Gasteiger partial charge in [0.1, 0.15) is 0 Å². The summed E-state index contributed by atoms with van der Waals surface area (Å²) in [5.74, 6) is -1.26. The van der Waals surface area contributed by atoms with Crippen LogP contribution in [0.3, 0.4) is 0 Å². The van der Waals surface area contributed by atoms with Gasteiger partial charge in [-0.15, -0.1) is 0 Å². The van der Waals surface area contributed by atoms with E-state index in [0.29, 0.717) is 25.2 Å². The van der Waals surface area contributed by atoms with Crippen molar-refractivity contribution in [1.29, 1.82) is 0 Å². The molecule has 0 saturated carbocycles. The van der Waals surface area contributed by atoms with Crippen LogP contribution in [0.2, 0.25) is 0 Å². The minimum absolute atomic E-state index is 0.238. The lowest BCUT2D eigenvalue weighted by atomic mass is 10.1. The van der Waals surface area contributed by atoms with Crippen molar-refractivity contribution >= 4 is 11.9 Å². The van der Waals surface area contributed by atoms with Gasteiger partial charge < -0.3 is 14.6 Å². The molecule has 1 aromatic heterocycles. The van der Waals surface area contributed by atoms with Crippen LogP contribution in [0, 0.1) is 0 Å². The van der Waals surface area contributed by atoms with Gasteiger partial charge in [0.2, 0.25) is 5.91 Å². The number of carbonyl (C=O) groups excluding carboxylic acids is 1. The van der Waals surface area contributed by atoms with Crippen LogP contribution in [0.15, 0.2) is 12.5 Å². The van der Waals surface area contributed by atoms with Crippen molar-refractivity contribution in [3.63, 3.8) is 0 Å². The van der Waals surface area contributed by atoms with Crippen LogP contribution in [0.25, 0.3) is 0 Å². The Kier molecular flexibility index (Phi) is 5.54. The molecule has 1 amide bonds. The topological polar surface area (TPSA) is 75.4 Å². The van der Waals surface area contributed by atoms with Crippen LogP contribution in [-0.4, -0.2) is 38.0 Å². The Labute approximate surface area is 113 Å². The van der Waals surface area contributed by atoms with Gasteiger partial charge >= 0.3 is 5.97 Å². The van der Waals surface area contributed by atoms with Gasteiger partial charge in [-0.05, 0) is 12.8 Å². The molecule has 19 heavy (non-hydrogen) atoms. The monoisotopic (exact) mass is 267 g/mol. The zero-order valence-corrected chi connectivity index (χ0v) is 11.7. The molecule has 0 saturated heterocycles. The highest BCUT2D eigenvalue weighted by Gasteiger charge is 2.31. The van der Waals surface area contributed by atoms with Gasteiger partial charge in [0, 0.05) is 20.0 Å². The first-order chi connectivity index (χ1) is 9.02. The Morgan fingerprint density at radius 2 is 2.11 bits per heavy atom. The fourth-order valence-corrected chi connectivity index (χ4v) is 2.12. The first-order valence-corrected chi connectivity index (χ1v) is 6.52. The normalized spacial score (nSPS) is 12.2. The molecule has 106 valence electrons. The zero-order chi connectivity index (χ0) is 14.4. The largest absolute Gasteiger partial charge is 0.479 e. The number of aliphatic carboxylic acids is 1. The molecule has 1 unspecified atom stereocenters. The third-order valence-corrected chi connectivity index (χ3v) is 2.90. The lowest BCUT2D eigenvalue weighted by Gasteiger charge is -2.28. The first kappa shape index (κ1) is 15.2. The molecule has 0 aromatic carbocycles. The Morgan fingerprint density at radius 3 is 2.58 bits per heavy atom. The van der Waals surface area contributed by atoms with E-state index >= 15 is 0 Å². The average Bonchev–Trinajstić information content (AvgIpc) is 2.76. The molecule has 0 aliphatic heterocycles. The third kappa shape index (κ3) is 3.56. The van der Waals surface area contributed by atoms with E-state index in [9.17, 15) is 14.7 Å². The lowest BCUT2D eigenvalue weighted by molar-refractivity contribution is -0.150. The van der Waals surface area contributed by atoms with Crippen molar-refractivity contribution in [1.82, 2.24) is 14.5 Å². The second-order valence-electron chi connectivity index (χ2n) is 4.47. The van der Waals surface area contributed by atoms with E-state index in [1.165, 1.54) is 18.0 Å². The van der Waals surface area contributed by atoms with Crippen LogP contribution in [0.1, 0.15) is 45.3 Å². The molecule has 0 aliphatic carbocycles. The van der Waals surface area contributed by atoms with E-state index in [-0.39, 0.29) is 5.91 Å². The number of imidazole rings is 1. The summed E-state index contributed by atoms with van der Waals surface area (Å²) < 4.78 is 1.80. The van der Waals surface area contributed by atoms with Gasteiger partial charge in [-0.1, -0.05) is 13.8 Å². The number of hydrogen-bond acceptors (Lipinski definition) is 3. The van der Waals surface area contributed by atoms with E-state index < -0.39 is 12.0 Å². The summed E-state index contributed by atoms with van der Waals surface area (Å²) in [7, 11) is 0. The van der Waals surface area contributed by atoms with E-state index in [2.05, 4.69) is 4.98 Å². The number of rotatable bonds is 7. The summed E-state index contributed by atoms with van der Waals surface area (Å²) in [6.45, 7) is 6.43. The molecule has 0 radical (unpaired) electrons. The maximum Gasteiger partial charge on any atom is 0.332 e. The summed E-state index contributed by atoms with van der Waals surface area (Å²) >= 11 is 0. The fourth-order valence-electron chi connectivity index (χ4n) is 2.12. The average molecular weight is 267 g/mol. The Morgan fingerprint density at radius 1 is 1.42 bits per heavy atom. The number of carbonyl (C=O) groups is 2. The number of carboxylic acids is 1. The van der Waals surface area contributed by atoms with Crippen LogP contribution >= 0.6 is 0 Å². The molecule has 6 nitrogen and oxygen atoms in total. The molecule has 0 spiro atoms. The predicted molar refractivity (Wildman–Crippen MR) is 70.6 cm³/mol. The highest BCUT2D eigenvalue weighted by Crippen LogP contribution is 2.22. The SMILES string of the molecule is CCCN(C(C)=O)C(C(=O)O)c1cncn1CCC. The maximum absolute atomic E-state index is 11.7. The maximum atomic E-state index is 11.7. The molecular formula is C13H21N3O3. The highest BCUT2D eigenvalue weighted by molar-refractivity contribution is 5.83. The molecule has 1 aromatic rings. The number of aryl methyl sites for hydroxylation is 1. The lowest BCUT2D eigenvalue weighted by Crippen LogP contribution is -2.39. The third-order valence-electron chi connectivity index (χ3n) is 2.90. The molecule has 1 N–H and O–H groups in total. The van der Waals surface area contributed by atoms with Crippen LogP contribution in [0.5, 0.6) is 0 Å². The minimum Gasteiger partial charge on any atom is -0.479 e. The first-order valence-electron chi connectivity index (χ1n) is 6.52. The standard InChI is InChI=1S/C13H21N3O3/c1-4-6-15-9-14-8-11(15)12(13(18)19)16(7-5-2)10(3)17/h8-9,12H,4-7H2,1-3H3,(H,18,19). The molecule has 0 aliphatic rings. The van der Waals surface area contributed by atoms with E-state index in [0.717, 1.165) is 6.42 Å². The van der Waals surface area contributed by atoms with Crippen LogP contribution in [-0.2, 0) is 16.1 Å². The van der Waals surface area contributed by atoms with Crippen LogP contribution < -0.4 is 0 Å². The van der Waals surface area contributed by atoms with Gasteiger partial charge in [-0.25, -0.2) is 9.78 Å². The van der Waals surface area contributed by atoms with E-state index in [4.69, 9.17) is 0 Å². The molecule has 0 bridgehead atoms. The van der Waals surface area contributed by atoms with Gasteiger partial charge in [0.15, 0.2) is 6.04 Å². The van der Waals surface area contributed by atoms with E-state index in [1.54, 1.807) is 10.9 Å².